The maximum absolute atomic E-state index is 11.9. The molecule has 0 aliphatic heterocycles. The lowest BCUT2D eigenvalue weighted by molar-refractivity contribution is -0.123. The number of carbonyl (C=O) groups is 1. The lowest BCUT2D eigenvalue weighted by atomic mass is 10.2. The lowest BCUT2D eigenvalue weighted by Crippen LogP contribution is -2.28. The van der Waals surface area contributed by atoms with Crippen molar-refractivity contribution in [2.75, 3.05) is 6.61 Å². The highest BCUT2D eigenvalue weighted by Crippen LogP contribution is 2.17. The standard InChI is InChI=1S/C18H18N2O2/c1-13-5-4-6-15(9-13)22-12-18(21)20-11-14-10-19-17-8-3-2-7-16(14)17/h2-10,19H,11-12H2,1H3,(H,20,21). The molecule has 2 N–H and O–H groups in total. The van der Waals surface area contributed by atoms with E-state index in [1.54, 1.807) is 0 Å². The van der Waals surface area contributed by atoms with Gasteiger partial charge in [-0.2, -0.15) is 0 Å². The summed E-state index contributed by atoms with van der Waals surface area (Å²) in [5.74, 6) is 0.578. The molecule has 0 aliphatic rings. The Bertz CT molecular complexity index is 792. The van der Waals surface area contributed by atoms with Crippen LogP contribution in [0.3, 0.4) is 0 Å². The van der Waals surface area contributed by atoms with E-state index < -0.39 is 0 Å². The first-order valence-corrected chi connectivity index (χ1v) is 7.23. The van der Waals surface area contributed by atoms with E-state index in [2.05, 4.69) is 10.3 Å². The molecular formula is C18H18N2O2. The van der Waals surface area contributed by atoms with Crippen molar-refractivity contribution in [2.24, 2.45) is 0 Å². The molecule has 4 heteroatoms. The fraction of sp³-hybridized carbons (Fsp3) is 0.167. The Morgan fingerprint density at radius 1 is 1.18 bits per heavy atom. The fourth-order valence-corrected chi connectivity index (χ4v) is 2.38. The largest absolute Gasteiger partial charge is 0.484 e. The summed E-state index contributed by atoms with van der Waals surface area (Å²) in [6.45, 7) is 2.50. The predicted octanol–water partition coefficient (Wildman–Crippen LogP) is 3.17. The van der Waals surface area contributed by atoms with E-state index in [1.807, 2.05) is 61.7 Å². The molecule has 0 saturated carbocycles. The summed E-state index contributed by atoms with van der Waals surface area (Å²) in [5.41, 5.74) is 3.25. The van der Waals surface area contributed by atoms with E-state index in [-0.39, 0.29) is 12.5 Å². The molecule has 0 saturated heterocycles. The SMILES string of the molecule is Cc1cccc(OCC(=O)NCc2c[nH]c3ccccc23)c1. The highest BCUT2D eigenvalue weighted by atomic mass is 16.5. The van der Waals surface area contributed by atoms with Gasteiger partial charge in [-0.15, -0.1) is 0 Å². The molecule has 0 fully saturated rings. The number of hydrogen-bond donors (Lipinski definition) is 2. The Morgan fingerprint density at radius 2 is 2.05 bits per heavy atom. The number of H-pyrrole nitrogens is 1. The van der Waals surface area contributed by atoms with Gasteiger partial charge >= 0.3 is 0 Å². The van der Waals surface area contributed by atoms with Crippen LogP contribution in [0.1, 0.15) is 11.1 Å². The molecule has 2 aromatic carbocycles. The number of aromatic nitrogens is 1. The van der Waals surface area contributed by atoms with Crippen molar-refractivity contribution in [3.8, 4) is 5.75 Å². The molecule has 0 radical (unpaired) electrons. The molecule has 0 spiro atoms. The fourth-order valence-electron chi connectivity index (χ4n) is 2.38. The van der Waals surface area contributed by atoms with Crippen LogP contribution in [0.25, 0.3) is 10.9 Å². The monoisotopic (exact) mass is 294 g/mol. The van der Waals surface area contributed by atoms with Crippen LogP contribution in [0.15, 0.2) is 54.7 Å². The number of fused-ring (bicyclic) bond motifs is 1. The molecule has 1 heterocycles. The number of amides is 1. The minimum Gasteiger partial charge on any atom is -0.484 e. The first-order chi connectivity index (χ1) is 10.7. The van der Waals surface area contributed by atoms with Gasteiger partial charge in [-0.3, -0.25) is 4.79 Å². The highest BCUT2D eigenvalue weighted by Gasteiger charge is 2.06. The third-order valence-corrected chi connectivity index (χ3v) is 3.51. The van der Waals surface area contributed by atoms with Gasteiger partial charge in [0.05, 0.1) is 0 Å². The number of ether oxygens (including phenoxy) is 1. The van der Waals surface area contributed by atoms with Gasteiger partial charge in [0.25, 0.3) is 5.91 Å². The van der Waals surface area contributed by atoms with Crippen LogP contribution in [-0.4, -0.2) is 17.5 Å². The summed E-state index contributed by atoms with van der Waals surface area (Å²) in [5, 5.41) is 4.01. The molecule has 112 valence electrons. The van der Waals surface area contributed by atoms with Gasteiger partial charge in [0.2, 0.25) is 0 Å². The topological polar surface area (TPSA) is 54.1 Å². The summed E-state index contributed by atoms with van der Waals surface area (Å²) in [4.78, 5) is 15.1. The van der Waals surface area contributed by atoms with Gasteiger partial charge in [-0.05, 0) is 36.2 Å². The van der Waals surface area contributed by atoms with Crippen molar-refractivity contribution in [2.45, 2.75) is 13.5 Å². The molecular weight excluding hydrogens is 276 g/mol. The van der Waals surface area contributed by atoms with E-state index in [4.69, 9.17) is 4.74 Å². The number of nitrogens with one attached hydrogen (secondary N) is 2. The first kappa shape index (κ1) is 14.2. The van der Waals surface area contributed by atoms with Crippen molar-refractivity contribution < 1.29 is 9.53 Å². The Morgan fingerprint density at radius 3 is 2.91 bits per heavy atom. The summed E-state index contributed by atoms with van der Waals surface area (Å²) in [6, 6.07) is 15.7. The van der Waals surface area contributed by atoms with Crippen molar-refractivity contribution in [3.63, 3.8) is 0 Å². The average molecular weight is 294 g/mol. The average Bonchev–Trinajstić information content (AvgIpc) is 2.94. The van der Waals surface area contributed by atoms with Crippen LogP contribution in [0.2, 0.25) is 0 Å². The van der Waals surface area contributed by atoms with Gasteiger partial charge < -0.3 is 15.0 Å². The second-order valence-corrected chi connectivity index (χ2v) is 5.24. The second-order valence-electron chi connectivity index (χ2n) is 5.24. The smallest absolute Gasteiger partial charge is 0.258 e. The highest BCUT2D eigenvalue weighted by molar-refractivity contribution is 5.84. The molecule has 0 bridgehead atoms. The predicted molar refractivity (Wildman–Crippen MR) is 86.8 cm³/mol. The summed E-state index contributed by atoms with van der Waals surface area (Å²) < 4.78 is 5.49. The van der Waals surface area contributed by atoms with Crippen molar-refractivity contribution >= 4 is 16.8 Å². The number of benzene rings is 2. The molecule has 1 aromatic heterocycles. The zero-order valence-electron chi connectivity index (χ0n) is 12.4. The zero-order chi connectivity index (χ0) is 15.4. The number of aryl methyl sites for hydroxylation is 1. The van der Waals surface area contributed by atoms with E-state index in [1.165, 1.54) is 0 Å². The van der Waals surface area contributed by atoms with Gasteiger partial charge in [0.15, 0.2) is 6.61 Å². The number of carbonyl (C=O) groups excluding carboxylic acids is 1. The number of hydrogen-bond acceptors (Lipinski definition) is 2. The van der Waals surface area contributed by atoms with Crippen LogP contribution >= 0.6 is 0 Å². The lowest BCUT2D eigenvalue weighted by Gasteiger charge is -2.07. The summed E-state index contributed by atoms with van der Waals surface area (Å²) >= 11 is 0. The van der Waals surface area contributed by atoms with Crippen LogP contribution in [0.5, 0.6) is 5.75 Å². The number of para-hydroxylation sites is 1. The third kappa shape index (κ3) is 3.28. The Balaban J connectivity index is 1.54. The molecule has 0 aliphatic carbocycles. The Labute approximate surface area is 129 Å². The van der Waals surface area contributed by atoms with Gasteiger partial charge in [-0.1, -0.05) is 30.3 Å². The van der Waals surface area contributed by atoms with Crippen LogP contribution in [0.4, 0.5) is 0 Å². The zero-order valence-corrected chi connectivity index (χ0v) is 12.4. The number of rotatable bonds is 5. The quantitative estimate of drug-likeness (QED) is 0.759. The van der Waals surface area contributed by atoms with Crippen LogP contribution < -0.4 is 10.1 Å². The van der Waals surface area contributed by atoms with Crippen molar-refractivity contribution in [1.29, 1.82) is 0 Å². The maximum Gasteiger partial charge on any atom is 0.258 e. The molecule has 1 amide bonds. The normalized spacial score (nSPS) is 10.6. The summed E-state index contributed by atoms with van der Waals surface area (Å²) in [7, 11) is 0. The maximum atomic E-state index is 11.9. The van der Waals surface area contributed by atoms with E-state index in [0.717, 1.165) is 22.0 Å². The van der Waals surface area contributed by atoms with Crippen molar-refractivity contribution in [1.82, 2.24) is 10.3 Å². The molecule has 4 nitrogen and oxygen atoms in total. The van der Waals surface area contributed by atoms with Gasteiger partial charge in [0.1, 0.15) is 5.75 Å². The van der Waals surface area contributed by atoms with Gasteiger partial charge in [-0.25, -0.2) is 0 Å². The van der Waals surface area contributed by atoms with Gasteiger partial charge in [0, 0.05) is 23.6 Å². The van der Waals surface area contributed by atoms with E-state index in [9.17, 15) is 4.79 Å². The Hall–Kier alpha value is -2.75. The molecule has 0 unspecified atom stereocenters. The number of aromatic amines is 1. The van der Waals surface area contributed by atoms with Crippen LogP contribution in [-0.2, 0) is 11.3 Å². The minimum atomic E-state index is -0.133. The molecule has 3 rings (SSSR count). The van der Waals surface area contributed by atoms with E-state index in [0.29, 0.717) is 12.3 Å². The first-order valence-electron chi connectivity index (χ1n) is 7.23. The Kier molecular flexibility index (Phi) is 4.10. The van der Waals surface area contributed by atoms with Crippen molar-refractivity contribution in [3.05, 3.63) is 65.9 Å². The molecule has 22 heavy (non-hydrogen) atoms. The molecule has 0 atom stereocenters. The molecule has 3 aromatic rings. The second kappa shape index (κ2) is 6.35. The minimum absolute atomic E-state index is 0.0197. The van der Waals surface area contributed by atoms with Crippen LogP contribution in [0, 0.1) is 6.92 Å². The van der Waals surface area contributed by atoms with E-state index >= 15 is 0 Å². The summed E-state index contributed by atoms with van der Waals surface area (Å²) in [6.07, 6.45) is 1.92. The third-order valence-electron chi connectivity index (χ3n) is 3.51.